The quantitative estimate of drug-likeness (QED) is 0.611. The second kappa shape index (κ2) is 8.21. The number of benzene rings is 1. The predicted molar refractivity (Wildman–Crippen MR) is 103 cm³/mol. The van der Waals surface area contributed by atoms with Crippen LogP contribution in [0.25, 0.3) is 0 Å². The third-order valence-electron chi connectivity index (χ3n) is 4.60. The van der Waals surface area contributed by atoms with Gasteiger partial charge in [0.1, 0.15) is 11.6 Å². The molecule has 1 aromatic carbocycles. The Hall–Kier alpha value is -1.26. The van der Waals surface area contributed by atoms with E-state index in [9.17, 15) is 0 Å². The monoisotopic (exact) mass is 408 g/mol. The van der Waals surface area contributed by atoms with Crippen LogP contribution in [0.2, 0.25) is 5.02 Å². The number of pyridine rings is 1. The van der Waals surface area contributed by atoms with Gasteiger partial charge in [-0.3, -0.25) is 0 Å². The Morgan fingerprint density at radius 3 is 2.58 bits per heavy atom. The number of anilines is 1. The van der Waals surface area contributed by atoms with E-state index < -0.39 is 0 Å². The number of hydrogen-bond donors (Lipinski definition) is 0. The molecule has 5 heteroatoms. The van der Waals surface area contributed by atoms with E-state index in [1.807, 2.05) is 18.2 Å². The Labute approximate surface area is 157 Å². The van der Waals surface area contributed by atoms with Gasteiger partial charge in [-0.15, -0.1) is 0 Å². The van der Waals surface area contributed by atoms with E-state index >= 15 is 0 Å². The first-order chi connectivity index (χ1) is 11.7. The van der Waals surface area contributed by atoms with Gasteiger partial charge >= 0.3 is 0 Å². The van der Waals surface area contributed by atoms with Gasteiger partial charge in [0.2, 0.25) is 0 Å². The van der Waals surface area contributed by atoms with Crippen molar-refractivity contribution < 1.29 is 4.74 Å². The fourth-order valence-electron chi connectivity index (χ4n) is 3.27. The van der Waals surface area contributed by atoms with Crippen molar-refractivity contribution in [3.8, 4) is 5.75 Å². The number of methoxy groups -OCH3 is 1. The minimum Gasteiger partial charge on any atom is -0.497 e. The molecule has 1 fully saturated rings. The van der Waals surface area contributed by atoms with E-state index in [0.717, 1.165) is 35.0 Å². The molecule has 0 saturated heterocycles. The highest BCUT2D eigenvalue weighted by molar-refractivity contribution is 9.10. The van der Waals surface area contributed by atoms with Crippen LogP contribution in [-0.4, -0.2) is 18.6 Å². The lowest BCUT2D eigenvalue weighted by atomic mass is 10.1. The lowest BCUT2D eigenvalue weighted by molar-refractivity contribution is 0.414. The summed E-state index contributed by atoms with van der Waals surface area (Å²) < 4.78 is 6.08. The van der Waals surface area contributed by atoms with Crippen molar-refractivity contribution in [2.75, 3.05) is 18.6 Å². The maximum Gasteiger partial charge on any atom is 0.130 e. The summed E-state index contributed by atoms with van der Waals surface area (Å²) in [5.41, 5.74) is 1.25. The van der Waals surface area contributed by atoms with Crippen LogP contribution in [0, 0.1) is 5.92 Å². The summed E-state index contributed by atoms with van der Waals surface area (Å²) in [6.45, 7) is 1.85. The van der Waals surface area contributed by atoms with Gasteiger partial charge < -0.3 is 9.64 Å². The average molecular weight is 410 g/mol. The van der Waals surface area contributed by atoms with Crippen LogP contribution >= 0.6 is 27.5 Å². The van der Waals surface area contributed by atoms with Crippen LogP contribution in [0.5, 0.6) is 5.75 Å². The van der Waals surface area contributed by atoms with Crippen molar-refractivity contribution in [3.05, 3.63) is 51.6 Å². The standard InChI is InChI=1S/C19H22BrClN2O/c1-24-16-8-6-15(7-9-16)13-23(12-14-4-2-3-5-14)19-10-18(21)17(20)11-22-19/h6-11,14H,2-5,12-13H2,1H3. The minimum absolute atomic E-state index is 0.700. The number of hydrogen-bond acceptors (Lipinski definition) is 3. The van der Waals surface area contributed by atoms with Crippen LogP contribution in [0.15, 0.2) is 41.0 Å². The molecular weight excluding hydrogens is 388 g/mol. The molecule has 2 aromatic rings. The molecule has 3 nitrogen and oxygen atoms in total. The Kier molecular flexibility index (Phi) is 6.01. The summed E-state index contributed by atoms with van der Waals surface area (Å²) in [6.07, 6.45) is 7.09. The van der Waals surface area contributed by atoms with Gasteiger partial charge in [0, 0.05) is 25.4 Å². The second-order valence-corrected chi connectivity index (χ2v) is 7.60. The molecule has 24 heavy (non-hydrogen) atoms. The van der Waals surface area contributed by atoms with E-state index in [2.05, 4.69) is 37.9 Å². The molecule has 128 valence electrons. The van der Waals surface area contributed by atoms with E-state index in [4.69, 9.17) is 16.3 Å². The average Bonchev–Trinajstić information content (AvgIpc) is 3.10. The Balaban J connectivity index is 1.81. The molecule has 0 aliphatic heterocycles. The largest absolute Gasteiger partial charge is 0.497 e. The molecule has 0 radical (unpaired) electrons. The van der Waals surface area contributed by atoms with Gasteiger partial charge in [0.05, 0.1) is 16.6 Å². The summed E-state index contributed by atoms with van der Waals surface area (Å²) in [6, 6.07) is 10.2. The zero-order chi connectivity index (χ0) is 16.9. The highest BCUT2D eigenvalue weighted by atomic mass is 79.9. The topological polar surface area (TPSA) is 25.4 Å². The highest BCUT2D eigenvalue weighted by Gasteiger charge is 2.20. The summed E-state index contributed by atoms with van der Waals surface area (Å²) in [5, 5.41) is 0.700. The van der Waals surface area contributed by atoms with Crippen LogP contribution in [0.3, 0.4) is 0 Å². The molecule has 1 aliphatic rings. The first-order valence-electron chi connectivity index (χ1n) is 8.34. The maximum absolute atomic E-state index is 6.29. The predicted octanol–water partition coefficient (Wildman–Crippen LogP) is 5.70. The third kappa shape index (κ3) is 4.42. The SMILES string of the molecule is COc1ccc(CN(CC2CCCC2)c2cc(Cl)c(Br)cn2)cc1. The van der Waals surface area contributed by atoms with Crippen molar-refractivity contribution in [2.24, 2.45) is 5.92 Å². The van der Waals surface area contributed by atoms with Crippen LogP contribution in [0.1, 0.15) is 31.2 Å². The molecular formula is C19H22BrClN2O. The first-order valence-corrected chi connectivity index (χ1v) is 9.51. The second-order valence-electron chi connectivity index (χ2n) is 6.34. The fourth-order valence-corrected chi connectivity index (χ4v) is 3.64. The van der Waals surface area contributed by atoms with Gasteiger partial charge in [-0.2, -0.15) is 0 Å². The van der Waals surface area contributed by atoms with Gasteiger partial charge in [-0.25, -0.2) is 4.98 Å². The molecule has 0 N–H and O–H groups in total. The Morgan fingerprint density at radius 2 is 1.96 bits per heavy atom. The zero-order valence-corrected chi connectivity index (χ0v) is 16.2. The Bertz CT molecular complexity index is 672. The van der Waals surface area contributed by atoms with Gasteiger partial charge in [-0.05, 0) is 52.4 Å². The first kappa shape index (κ1) is 17.6. The van der Waals surface area contributed by atoms with E-state index in [-0.39, 0.29) is 0 Å². The molecule has 3 rings (SSSR count). The van der Waals surface area contributed by atoms with Crippen molar-refractivity contribution in [2.45, 2.75) is 32.2 Å². The summed E-state index contributed by atoms with van der Waals surface area (Å²) >= 11 is 9.71. The van der Waals surface area contributed by atoms with Crippen LogP contribution in [-0.2, 0) is 6.54 Å². The number of aromatic nitrogens is 1. The molecule has 0 atom stereocenters. The zero-order valence-electron chi connectivity index (χ0n) is 13.8. The maximum atomic E-state index is 6.29. The van der Waals surface area contributed by atoms with Gasteiger partial charge in [0.15, 0.2) is 0 Å². The summed E-state index contributed by atoms with van der Waals surface area (Å²) in [7, 11) is 1.69. The van der Waals surface area contributed by atoms with Gasteiger partial charge in [-0.1, -0.05) is 36.6 Å². The van der Waals surface area contributed by atoms with Crippen LogP contribution < -0.4 is 9.64 Å². The van der Waals surface area contributed by atoms with Crippen molar-refractivity contribution in [3.63, 3.8) is 0 Å². The van der Waals surface area contributed by atoms with Crippen molar-refractivity contribution in [1.82, 2.24) is 4.98 Å². The van der Waals surface area contributed by atoms with E-state index in [1.54, 1.807) is 13.3 Å². The van der Waals surface area contributed by atoms with Gasteiger partial charge in [0.25, 0.3) is 0 Å². The van der Waals surface area contributed by atoms with Crippen molar-refractivity contribution >= 4 is 33.3 Å². The number of halogens is 2. The lowest BCUT2D eigenvalue weighted by Crippen LogP contribution is -2.29. The number of ether oxygens (including phenoxy) is 1. The van der Waals surface area contributed by atoms with Crippen molar-refractivity contribution in [1.29, 1.82) is 0 Å². The molecule has 1 aliphatic carbocycles. The lowest BCUT2D eigenvalue weighted by Gasteiger charge is -2.27. The molecule has 0 spiro atoms. The highest BCUT2D eigenvalue weighted by Crippen LogP contribution is 2.30. The smallest absolute Gasteiger partial charge is 0.130 e. The van der Waals surface area contributed by atoms with E-state index in [0.29, 0.717) is 5.02 Å². The normalized spacial score (nSPS) is 14.8. The molecule has 0 amide bonds. The molecule has 0 bridgehead atoms. The molecule has 1 aromatic heterocycles. The molecule has 1 saturated carbocycles. The third-order valence-corrected chi connectivity index (χ3v) is 5.78. The van der Waals surface area contributed by atoms with Crippen LogP contribution in [0.4, 0.5) is 5.82 Å². The summed E-state index contributed by atoms with van der Waals surface area (Å²) in [5.74, 6) is 2.56. The fraction of sp³-hybridized carbons (Fsp3) is 0.421. The summed E-state index contributed by atoms with van der Waals surface area (Å²) in [4.78, 5) is 6.92. The van der Waals surface area contributed by atoms with E-state index in [1.165, 1.54) is 31.2 Å². The molecule has 1 heterocycles. The number of rotatable bonds is 6. The molecule has 0 unspecified atom stereocenters. The number of nitrogens with zero attached hydrogens (tertiary/aromatic N) is 2. The Morgan fingerprint density at radius 1 is 1.25 bits per heavy atom. The minimum atomic E-state index is 0.700.